The lowest BCUT2D eigenvalue weighted by atomic mass is 10.1. The normalized spacial score (nSPS) is 10.4. The molecule has 2 aromatic rings. The van der Waals surface area contributed by atoms with Crippen LogP contribution in [0.25, 0.3) is 0 Å². The topological polar surface area (TPSA) is 38.5 Å². The highest BCUT2D eigenvalue weighted by Gasteiger charge is 2.14. The third-order valence-corrected chi connectivity index (χ3v) is 3.26. The first-order valence-corrected chi connectivity index (χ1v) is 6.52. The second-order valence-corrected chi connectivity index (χ2v) is 4.55. The monoisotopic (exact) mass is 274 g/mol. The van der Waals surface area contributed by atoms with Gasteiger partial charge in [0.25, 0.3) is 0 Å². The zero-order valence-corrected chi connectivity index (χ0v) is 11.8. The van der Waals surface area contributed by atoms with Crippen molar-refractivity contribution in [2.24, 2.45) is 5.73 Å². The summed E-state index contributed by atoms with van der Waals surface area (Å²) in [6.45, 7) is 0.488. The van der Waals surface area contributed by atoms with E-state index < -0.39 is 0 Å². The van der Waals surface area contributed by atoms with Gasteiger partial charge in [-0.3, -0.25) is 0 Å². The Kier molecular flexibility index (Phi) is 4.58. The SMILES string of the molecule is COc1cccc(N(C)c2c(F)cccc2CCN)c1. The maximum atomic E-state index is 14.2. The predicted molar refractivity (Wildman–Crippen MR) is 80.2 cm³/mol. The van der Waals surface area contributed by atoms with Crippen LogP contribution in [-0.2, 0) is 6.42 Å². The summed E-state index contributed by atoms with van der Waals surface area (Å²) in [6, 6.07) is 12.6. The highest BCUT2D eigenvalue weighted by molar-refractivity contribution is 5.67. The molecule has 3 nitrogen and oxygen atoms in total. The fourth-order valence-electron chi connectivity index (χ4n) is 2.24. The molecule has 0 atom stereocenters. The molecule has 0 aliphatic rings. The summed E-state index contributed by atoms with van der Waals surface area (Å²) in [5.74, 6) is 0.493. The molecule has 2 aromatic carbocycles. The Hall–Kier alpha value is -2.07. The maximum absolute atomic E-state index is 14.2. The molecule has 0 saturated carbocycles. The van der Waals surface area contributed by atoms with Crippen molar-refractivity contribution < 1.29 is 9.13 Å². The van der Waals surface area contributed by atoms with Crippen LogP contribution in [0, 0.1) is 5.82 Å². The quantitative estimate of drug-likeness (QED) is 0.910. The van der Waals surface area contributed by atoms with Crippen molar-refractivity contribution in [1.82, 2.24) is 0 Å². The third-order valence-electron chi connectivity index (χ3n) is 3.26. The molecule has 0 bridgehead atoms. The van der Waals surface area contributed by atoms with E-state index in [1.807, 2.05) is 42.3 Å². The van der Waals surface area contributed by atoms with Crippen molar-refractivity contribution in [1.29, 1.82) is 0 Å². The lowest BCUT2D eigenvalue weighted by molar-refractivity contribution is 0.415. The molecular weight excluding hydrogens is 255 g/mol. The van der Waals surface area contributed by atoms with Crippen LogP contribution in [0.5, 0.6) is 5.75 Å². The van der Waals surface area contributed by atoms with Crippen molar-refractivity contribution in [3.8, 4) is 5.75 Å². The van der Waals surface area contributed by atoms with Gasteiger partial charge in [-0.15, -0.1) is 0 Å². The van der Waals surface area contributed by atoms with Crippen LogP contribution < -0.4 is 15.4 Å². The molecule has 0 aliphatic carbocycles. The van der Waals surface area contributed by atoms with Gasteiger partial charge in [-0.25, -0.2) is 4.39 Å². The zero-order chi connectivity index (χ0) is 14.5. The number of hydrogen-bond donors (Lipinski definition) is 1. The van der Waals surface area contributed by atoms with E-state index in [1.54, 1.807) is 13.2 Å². The van der Waals surface area contributed by atoms with Gasteiger partial charge in [-0.2, -0.15) is 0 Å². The molecule has 0 aromatic heterocycles. The first-order valence-electron chi connectivity index (χ1n) is 6.52. The van der Waals surface area contributed by atoms with E-state index in [9.17, 15) is 4.39 Å². The van der Waals surface area contributed by atoms with E-state index in [2.05, 4.69) is 0 Å². The standard InChI is InChI=1S/C16H19FN2O/c1-19(13-6-4-7-14(11-13)20-2)16-12(9-10-18)5-3-8-15(16)17/h3-8,11H,9-10,18H2,1-2H3. The highest BCUT2D eigenvalue weighted by Crippen LogP contribution is 2.31. The van der Waals surface area contributed by atoms with Crippen LogP contribution >= 0.6 is 0 Å². The van der Waals surface area contributed by atoms with Crippen LogP contribution in [0.2, 0.25) is 0 Å². The van der Waals surface area contributed by atoms with Gasteiger partial charge in [0, 0.05) is 18.8 Å². The summed E-state index contributed by atoms with van der Waals surface area (Å²) >= 11 is 0. The number of ether oxygens (including phenoxy) is 1. The number of nitrogens with two attached hydrogens (primary N) is 1. The van der Waals surface area contributed by atoms with Gasteiger partial charge in [-0.05, 0) is 36.7 Å². The minimum absolute atomic E-state index is 0.249. The minimum atomic E-state index is -0.249. The molecular formula is C16H19FN2O. The van der Waals surface area contributed by atoms with Crippen molar-refractivity contribution in [2.45, 2.75) is 6.42 Å². The predicted octanol–water partition coefficient (Wildman–Crippen LogP) is 3.10. The number of hydrogen-bond acceptors (Lipinski definition) is 3. The second kappa shape index (κ2) is 6.39. The average molecular weight is 274 g/mol. The number of para-hydroxylation sites is 1. The van der Waals surface area contributed by atoms with Crippen LogP contribution in [0.3, 0.4) is 0 Å². The summed E-state index contributed by atoms with van der Waals surface area (Å²) < 4.78 is 19.4. The third kappa shape index (κ3) is 2.91. The Morgan fingerprint density at radius 2 is 1.95 bits per heavy atom. The van der Waals surface area contributed by atoms with Gasteiger partial charge < -0.3 is 15.4 Å². The van der Waals surface area contributed by atoms with E-state index in [0.29, 0.717) is 18.7 Å². The van der Waals surface area contributed by atoms with Gasteiger partial charge >= 0.3 is 0 Å². The van der Waals surface area contributed by atoms with Gasteiger partial charge in [0.15, 0.2) is 0 Å². The van der Waals surface area contributed by atoms with Gasteiger partial charge in [0.2, 0.25) is 0 Å². The molecule has 0 spiro atoms. The van der Waals surface area contributed by atoms with E-state index in [1.165, 1.54) is 6.07 Å². The molecule has 0 saturated heterocycles. The first kappa shape index (κ1) is 14.3. The van der Waals surface area contributed by atoms with Crippen molar-refractivity contribution in [3.05, 3.63) is 53.8 Å². The number of nitrogens with zero attached hydrogens (tertiary/aromatic N) is 1. The summed E-state index contributed by atoms with van der Waals surface area (Å²) in [5.41, 5.74) is 7.93. The van der Waals surface area contributed by atoms with Crippen molar-refractivity contribution >= 4 is 11.4 Å². The number of rotatable bonds is 5. The van der Waals surface area contributed by atoms with Crippen LogP contribution in [-0.4, -0.2) is 20.7 Å². The maximum Gasteiger partial charge on any atom is 0.147 e. The fourth-order valence-corrected chi connectivity index (χ4v) is 2.24. The Balaban J connectivity index is 2.44. The summed E-state index contributed by atoms with van der Waals surface area (Å²) in [6.07, 6.45) is 0.640. The average Bonchev–Trinajstić information content (AvgIpc) is 2.47. The molecule has 106 valence electrons. The lowest BCUT2D eigenvalue weighted by Gasteiger charge is -2.23. The zero-order valence-electron chi connectivity index (χ0n) is 11.8. The molecule has 20 heavy (non-hydrogen) atoms. The smallest absolute Gasteiger partial charge is 0.147 e. The van der Waals surface area contributed by atoms with E-state index in [-0.39, 0.29) is 5.82 Å². The number of methoxy groups -OCH3 is 1. The first-order chi connectivity index (χ1) is 9.67. The van der Waals surface area contributed by atoms with Crippen LogP contribution in [0.15, 0.2) is 42.5 Å². The molecule has 2 rings (SSSR count). The number of halogens is 1. The Bertz CT molecular complexity index is 586. The summed E-state index contributed by atoms with van der Waals surface area (Å²) in [4.78, 5) is 1.82. The largest absolute Gasteiger partial charge is 0.497 e. The van der Waals surface area contributed by atoms with Gasteiger partial charge in [0.05, 0.1) is 12.8 Å². The minimum Gasteiger partial charge on any atom is -0.497 e. The highest BCUT2D eigenvalue weighted by atomic mass is 19.1. The fraction of sp³-hybridized carbons (Fsp3) is 0.250. The van der Waals surface area contributed by atoms with Gasteiger partial charge in [0.1, 0.15) is 11.6 Å². The molecule has 0 fully saturated rings. The molecule has 4 heteroatoms. The van der Waals surface area contributed by atoms with Crippen LogP contribution in [0.4, 0.5) is 15.8 Å². The Morgan fingerprint density at radius 1 is 1.20 bits per heavy atom. The van der Waals surface area contributed by atoms with E-state index in [0.717, 1.165) is 17.0 Å². The molecule has 0 radical (unpaired) electrons. The van der Waals surface area contributed by atoms with Crippen molar-refractivity contribution in [2.75, 3.05) is 25.6 Å². The molecule has 2 N–H and O–H groups in total. The number of benzene rings is 2. The van der Waals surface area contributed by atoms with E-state index >= 15 is 0 Å². The van der Waals surface area contributed by atoms with Crippen LogP contribution in [0.1, 0.15) is 5.56 Å². The molecule has 0 aliphatic heterocycles. The Labute approximate surface area is 118 Å². The Morgan fingerprint density at radius 3 is 2.65 bits per heavy atom. The molecule has 0 amide bonds. The second-order valence-electron chi connectivity index (χ2n) is 4.55. The van der Waals surface area contributed by atoms with E-state index in [4.69, 9.17) is 10.5 Å². The molecule has 0 unspecified atom stereocenters. The van der Waals surface area contributed by atoms with Gasteiger partial charge in [-0.1, -0.05) is 18.2 Å². The number of anilines is 2. The summed E-state index contributed by atoms with van der Waals surface area (Å²) in [7, 11) is 3.45. The lowest BCUT2D eigenvalue weighted by Crippen LogP contribution is -2.15. The summed E-state index contributed by atoms with van der Waals surface area (Å²) in [5, 5.41) is 0. The molecule has 0 heterocycles. The van der Waals surface area contributed by atoms with Crippen molar-refractivity contribution in [3.63, 3.8) is 0 Å².